The van der Waals surface area contributed by atoms with E-state index in [9.17, 15) is 4.79 Å². The predicted octanol–water partition coefficient (Wildman–Crippen LogP) is 1.79. The zero-order chi connectivity index (χ0) is 16.9. The van der Waals surface area contributed by atoms with Crippen LogP contribution in [0.5, 0.6) is 5.75 Å². The van der Waals surface area contributed by atoms with Crippen LogP contribution in [0.1, 0.15) is 16.1 Å². The van der Waals surface area contributed by atoms with E-state index in [1.165, 1.54) is 13.4 Å². The van der Waals surface area contributed by atoms with Crippen molar-refractivity contribution in [1.29, 1.82) is 0 Å². The Morgan fingerprint density at radius 2 is 2.04 bits per heavy atom. The molecule has 0 saturated carbocycles. The van der Waals surface area contributed by atoms with Gasteiger partial charge in [0.2, 0.25) is 0 Å². The molecule has 0 bridgehead atoms. The zero-order valence-corrected chi connectivity index (χ0v) is 13.9. The summed E-state index contributed by atoms with van der Waals surface area (Å²) in [6.45, 7) is 4.10. The molecule has 0 unspecified atom stereocenters. The minimum atomic E-state index is -0.361. The van der Waals surface area contributed by atoms with E-state index in [0.29, 0.717) is 17.9 Å². The van der Waals surface area contributed by atoms with Crippen molar-refractivity contribution in [3.8, 4) is 5.75 Å². The molecule has 2 aromatic rings. The number of carbonyl (C=O) groups excluding carboxylic acids is 1. The topological polar surface area (TPSA) is 68.0 Å². The number of esters is 1. The Morgan fingerprint density at radius 1 is 1.25 bits per heavy atom. The van der Waals surface area contributed by atoms with Gasteiger partial charge in [-0.1, -0.05) is 0 Å². The Labute approximate surface area is 140 Å². The van der Waals surface area contributed by atoms with Crippen molar-refractivity contribution in [1.82, 2.24) is 9.88 Å². The lowest BCUT2D eigenvalue weighted by molar-refractivity contribution is 0.0596. The number of hydrogen-bond donors (Lipinski definition) is 0. The van der Waals surface area contributed by atoms with Crippen molar-refractivity contribution in [3.05, 3.63) is 42.1 Å². The quantitative estimate of drug-likeness (QED) is 0.774. The van der Waals surface area contributed by atoms with Crippen LogP contribution in [0.3, 0.4) is 0 Å². The predicted molar refractivity (Wildman–Crippen MR) is 88.3 cm³/mol. The van der Waals surface area contributed by atoms with E-state index >= 15 is 0 Å². The number of pyridine rings is 1. The van der Waals surface area contributed by atoms with Gasteiger partial charge >= 0.3 is 5.97 Å². The van der Waals surface area contributed by atoms with Crippen molar-refractivity contribution >= 4 is 11.7 Å². The normalized spacial score (nSPS) is 15.3. The second-order valence-corrected chi connectivity index (χ2v) is 5.60. The number of anilines is 1. The Morgan fingerprint density at radius 3 is 2.75 bits per heavy atom. The molecule has 3 heterocycles. The molecular formula is C17H21N3O4. The second kappa shape index (κ2) is 7.35. The van der Waals surface area contributed by atoms with Gasteiger partial charge in [-0.2, -0.15) is 0 Å². The molecule has 3 rings (SSSR count). The molecule has 7 nitrogen and oxygen atoms in total. The van der Waals surface area contributed by atoms with E-state index in [-0.39, 0.29) is 5.97 Å². The lowest BCUT2D eigenvalue weighted by Gasteiger charge is -2.35. The summed E-state index contributed by atoms with van der Waals surface area (Å²) in [5, 5.41) is 0. The van der Waals surface area contributed by atoms with Crippen LogP contribution < -0.4 is 9.64 Å². The molecule has 0 aliphatic carbocycles. The fourth-order valence-electron chi connectivity index (χ4n) is 2.81. The molecule has 24 heavy (non-hydrogen) atoms. The van der Waals surface area contributed by atoms with Crippen molar-refractivity contribution in [3.63, 3.8) is 0 Å². The van der Waals surface area contributed by atoms with Crippen molar-refractivity contribution < 1.29 is 18.7 Å². The smallest absolute Gasteiger partial charge is 0.341 e. The SMILES string of the molecule is COC(=O)c1ccoc1CN1CCN(c2cncc(OC)c2)CC1. The zero-order valence-electron chi connectivity index (χ0n) is 13.9. The molecule has 0 spiro atoms. The first-order valence-corrected chi connectivity index (χ1v) is 7.82. The van der Waals surface area contributed by atoms with Gasteiger partial charge in [-0.25, -0.2) is 4.79 Å². The van der Waals surface area contributed by atoms with Gasteiger partial charge in [-0.3, -0.25) is 9.88 Å². The highest BCUT2D eigenvalue weighted by molar-refractivity contribution is 5.90. The van der Waals surface area contributed by atoms with Crippen molar-refractivity contribution in [2.75, 3.05) is 45.3 Å². The molecule has 1 aliphatic heterocycles. The molecule has 0 aromatic carbocycles. The van der Waals surface area contributed by atoms with Crippen LogP contribution >= 0.6 is 0 Å². The average Bonchev–Trinajstić information content (AvgIpc) is 3.10. The maximum atomic E-state index is 11.7. The summed E-state index contributed by atoms with van der Waals surface area (Å²) in [4.78, 5) is 20.4. The first-order chi connectivity index (χ1) is 11.7. The Bertz CT molecular complexity index is 693. The van der Waals surface area contributed by atoms with Gasteiger partial charge in [0.15, 0.2) is 0 Å². The monoisotopic (exact) mass is 331 g/mol. The minimum absolute atomic E-state index is 0.361. The third-order valence-electron chi connectivity index (χ3n) is 4.19. The maximum absolute atomic E-state index is 11.7. The highest BCUT2D eigenvalue weighted by atomic mass is 16.5. The van der Waals surface area contributed by atoms with Crippen LogP contribution in [0.15, 0.2) is 35.2 Å². The van der Waals surface area contributed by atoms with Crippen LogP contribution in [-0.4, -0.2) is 56.3 Å². The molecular weight excluding hydrogens is 310 g/mol. The summed E-state index contributed by atoms with van der Waals surface area (Å²) in [5.74, 6) is 1.05. The molecule has 1 fully saturated rings. The molecule has 1 aliphatic rings. The molecule has 0 atom stereocenters. The standard InChI is InChI=1S/C17H21N3O4/c1-22-14-9-13(10-18-11-14)20-6-4-19(5-7-20)12-16-15(3-8-24-16)17(21)23-2/h3,8-11H,4-7,12H2,1-2H3. The van der Waals surface area contributed by atoms with E-state index in [0.717, 1.165) is 37.6 Å². The number of carbonyl (C=O) groups is 1. The van der Waals surface area contributed by atoms with E-state index in [1.54, 1.807) is 19.4 Å². The number of nitrogens with zero attached hydrogens (tertiary/aromatic N) is 3. The highest BCUT2D eigenvalue weighted by Gasteiger charge is 2.22. The molecule has 0 N–H and O–H groups in total. The molecule has 128 valence electrons. The molecule has 1 saturated heterocycles. The highest BCUT2D eigenvalue weighted by Crippen LogP contribution is 2.22. The van der Waals surface area contributed by atoms with Gasteiger partial charge in [0.1, 0.15) is 17.1 Å². The number of hydrogen-bond acceptors (Lipinski definition) is 7. The lowest BCUT2D eigenvalue weighted by atomic mass is 10.2. The fraction of sp³-hybridized carbons (Fsp3) is 0.412. The first-order valence-electron chi connectivity index (χ1n) is 7.82. The van der Waals surface area contributed by atoms with E-state index in [4.69, 9.17) is 13.9 Å². The van der Waals surface area contributed by atoms with Crippen molar-refractivity contribution in [2.24, 2.45) is 0 Å². The van der Waals surface area contributed by atoms with Gasteiger partial charge in [-0.05, 0) is 6.07 Å². The Kier molecular flexibility index (Phi) is 5.00. The van der Waals surface area contributed by atoms with Crippen LogP contribution in [0, 0.1) is 0 Å². The molecule has 0 radical (unpaired) electrons. The second-order valence-electron chi connectivity index (χ2n) is 5.60. The third-order valence-corrected chi connectivity index (χ3v) is 4.19. The number of furan rings is 1. The Balaban J connectivity index is 1.59. The lowest BCUT2D eigenvalue weighted by Crippen LogP contribution is -2.46. The molecule has 7 heteroatoms. The summed E-state index contributed by atoms with van der Waals surface area (Å²) in [5.41, 5.74) is 1.55. The largest absolute Gasteiger partial charge is 0.495 e. The first kappa shape index (κ1) is 16.3. The van der Waals surface area contributed by atoms with E-state index < -0.39 is 0 Å². The molecule has 0 amide bonds. The van der Waals surface area contributed by atoms with Gasteiger partial charge in [0.05, 0.1) is 45.1 Å². The van der Waals surface area contributed by atoms with Gasteiger partial charge in [0, 0.05) is 32.2 Å². The van der Waals surface area contributed by atoms with Crippen LogP contribution in [0.4, 0.5) is 5.69 Å². The number of methoxy groups -OCH3 is 2. The number of rotatable bonds is 5. The number of piperazine rings is 1. The maximum Gasteiger partial charge on any atom is 0.341 e. The van der Waals surface area contributed by atoms with Crippen molar-refractivity contribution in [2.45, 2.75) is 6.54 Å². The fourth-order valence-corrected chi connectivity index (χ4v) is 2.81. The third kappa shape index (κ3) is 3.51. The summed E-state index contributed by atoms with van der Waals surface area (Å²) in [6, 6.07) is 3.64. The van der Waals surface area contributed by atoms with Gasteiger partial charge in [0.25, 0.3) is 0 Å². The van der Waals surface area contributed by atoms with E-state index in [1.807, 2.05) is 12.3 Å². The molecule has 2 aromatic heterocycles. The minimum Gasteiger partial charge on any atom is -0.495 e. The van der Waals surface area contributed by atoms with Crippen LogP contribution in [0.2, 0.25) is 0 Å². The van der Waals surface area contributed by atoms with Gasteiger partial charge in [-0.15, -0.1) is 0 Å². The van der Waals surface area contributed by atoms with Gasteiger partial charge < -0.3 is 18.8 Å². The number of aromatic nitrogens is 1. The summed E-state index contributed by atoms with van der Waals surface area (Å²) in [7, 11) is 3.01. The van der Waals surface area contributed by atoms with Crippen LogP contribution in [-0.2, 0) is 11.3 Å². The average molecular weight is 331 g/mol. The summed E-state index contributed by atoms with van der Waals surface area (Å²) >= 11 is 0. The van der Waals surface area contributed by atoms with Crippen LogP contribution in [0.25, 0.3) is 0 Å². The summed E-state index contributed by atoms with van der Waals surface area (Å²) in [6.07, 6.45) is 5.07. The summed E-state index contributed by atoms with van der Waals surface area (Å²) < 4.78 is 15.5. The Hall–Kier alpha value is -2.54. The van der Waals surface area contributed by atoms with E-state index in [2.05, 4.69) is 14.8 Å². The number of ether oxygens (including phenoxy) is 2.